The minimum absolute atomic E-state index is 0.422. The fraction of sp³-hybridized carbons (Fsp3) is 0.571. The van der Waals surface area contributed by atoms with Crippen LogP contribution in [0.25, 0.3) is 0 Å². The molecule has 0 aliphatic heterocycles. The number of primary amides is 1. The minimum atomic E-state index is -0.430. The van der Waals surface area contributed by atoms with Crippen molar-refractivity contribution in [3.8, 4) is 0 Å². The number of aromatic nitrogens is 1. The quantitative estimate of drug-likeness (QED) is 0.837. The van der Waals surface area contributed by atoms with E-state index in [9.17, 15) is 4.79 Å². The summed E-state index contributed by atoms with van der Waals surface area (Å²) in [4.78, 5) is 18.1. The Kier molecular flexibility index (Phi) is 4.74. The first-order chi connectivity index (χ1) is 9.24. The molecule has 1 heterocycles. The highest BCUT2D eigenvalue weighted by molar-refractivity contribution is 5.97. The zero-order valence-corrected chi connectivity index (χ0v) is 11.2. The van der Waals surface area contributed by atoms with Crippen molar-refractivity contribution in [1.82, 2.24) is 4.98 Å². The number of amides is 1. The molecule has 5 heteroatoms. The van der Waals surface area contributed by atoms with Crippen LogP contribution in [0.4, 0.5) is 5.82 Å². The first-order valence-corrected chi connectivity index (χ1v) is 6.95. The summed E-state index contributed by atoms with van der Waals surface area (Å²) in [5, 5.41) is 0. The summed E-state index contributed by atoms with van der Waals surface area (Å²) in [7, 11) is 0. The van der Waals surface area contributed by atoms with Crippen LogP contribution < -0.4 is 16.4 Å². The number of nitrogens with two attached hydrogens (primary N) is 2. The van der Waals surface area contributed by atoms with E-state index in [1.54, 1.807) is 18.3 Å². The SMILES string of the molecule is NCCN(c1ncccc1C(N)=O)C1CCCCC1. The van der Waals surface area contributed by atoms with Gasteiger partial charge in [-0.3, -0.25) is 4.79 Å². The van der Waals surface area contributed by atoms with Crippen LogP contribution in [0.5, 0.6) is 0 Å². The molecular weight excluding hydrogens is 240 g/mol. The highest BCUT2D eigenvalue weighted by atomic mass is 16.1. The molecule has 1 aromatic heterocycles. The van der Waals surface area contributed by atoms with Crippen molar-refractivity contribution in [1.29, 1.82) is 0 Å². The van der Waals surface area contributed by atoms with E-state index in [0.29, 0.717) is 30.5 Å². The molecule has 0 bridgehead atoms. The summed E-state index contributed by atoms with van der Waals surface area (Å²) >= 11 is 0. The van der Waals surface area contributed by atoms with Gasteiger partial charge >= 0.3 is 0 Å². The zero-order chi connectivity index (χ0) is 13.7. The zero-order valence-electron chi connectivity index (χ0n) is 11.2. The molecule has 104 valence electrons. The molecule has 0 atom stereocenters. The predicted octanol–water partition coefficient (Wildman–Crippen LogP) is 1.28. The van der Waals surface area contributed by atoms with Gasteiger partial charge in [0.25, 0.3) is 5.91 Å². The van der Waals surface area contributed by atoms with Crippen molar-refractivity contribution < 1.29 is 4.79 Å². The molecule has 1 saturated carbocycles. The van der Waals surface area contributed by atoms with Crippen molar-refractivity contribution in [3.63, 3.8) is 0 Å². The first kappa shape index (κ1) is 13.8. The van der Waals surface area contributed by atoms with Crippen LogP contribution >= 0.6 is 0 Å². The van der Waals surface area contributed by atoms with Crippen molar-refractivity contribution in [2.75, 3.05) is 18.0 Å². The van der Waals surface area contributed by atoms with Crippen LogP contribution in [0.2, 0.25) is 0 Å². The van der Waals surface area contributed by atoms with E-state index in [1.807, 2.05) is 0 Å². The Labute approximate surface area is 114 Å². The number of hydrogen-bond acceptors (Lipinski definition) is 4. The highest BCUT2D eigenvalue weighted by Crippen LogP contribution is 2.27. The van der Waals surface area contributed by atoms with E-state index in [1.165, 1.54) is 19.3 Å². The average Bonchev–Trinajstić information content (AvgIpc) is 2.45. The molecule has 1 fully saturated rings. The lowest BCUT2D eigenvalue weighted by Crippen LogP contribution is -2.41. The van der Waals surface area contributed by atoms with Gasteiger partial charge in [0.05, 0.1) is 5.56 Å². The van der Waals surface area contributed by atoms with E-state index in [0.717, 1.165) is 12.8 Å². The molecule has 0 radical (unpaired) electrons. The Balaban J connectivity index is 2.29. The van der Waals surface area contributed by atoms with E-state index in [2.05, 4.69) is 9.88 Å². The fourth-order valence-corrected chi connectivity index (χ4v) is 2.81. The molecule has 2 rings (SSSR count). The van der Waals surface area contributed by atoms with Gasteiger partial charge in [0.1, 0.15) is 5.82 Å². The van der Waals surface area contributed by atoms with Gasteiger partial charge < -0.3 is 16.4 Å². The molecule has 0 aromatic carbocycles. The third-order valence-corrected chi connectivity index (χ3v) is 3.71. The van der Waals surface area contributed by atoms with Gasteiger partial charge in [0.2, 0.25) is 0 Å². The normalized spacial score (nSPS) is 16.3. The Bertz CT molecular complexity index is 429. The molecule has 1 aromatic rings. The Hall–Kier alpha value is -1.62. The Morgan fingerprint density at radius 2 is 2.11 bits per heavy atom. The van der Waals surface area contributed by atoms with E-state index >= 15 is 0 Å². The molecule has 1 aliphatic carbocycles. The van der Waals surface area contributed by atoms with E-state index < -0.39 is 5.91 Å². The Morgan fingerprint density at radius 1 is 1.37 bits per heavy atom. The maximum Gasteiger partial charge on any atom is 0.252 e. The number of pyridine rings is 1. The second-order valence-electron chi connectivity index (χ2n) is 5.01. The van der Waals surface area contributed by atoms with Gasteiger partial charge in [0.15, 0.2) is 0 Å². The minimum Gasteiger partial charge on any atom is -0.365 e. The summed E-state index contributed by atoms with van der Waals surface area (Å²) in [6.45, 7) is 1.26. The largest absolute Gasteiger partial charge is 0.365 e. The molecule has 0 unspecified atom stereocenters. The number of nitrogens with zero attached hydrogens (tertiary/aromatic N) is 2. The van der Waals surface area contributed by atoms with Gasteiger partial charge in [0, 0.05) is 25.3 Å². The summed E-state index contributed by atoms with van der Waals surface area (Å²) in [6.07, 6.45) is 7.71. The number of hydrogen-bond donors (Lipinski definition) is 2. The number of anilines is 1. The second kappa shape index (κ2) is 6.52. The lowest BCUT2D eigenvalue weighted by atomic mass is 9.94. The standard InChI is InChI=1S/C14H22N4O/c15-8-10-18(11-5-2-1-3-6-11)14-12(13(16)19)7-4-9-17-14/h4,7,9,11H,1-3,5-6,8,10,15H2,(H2,16,19). The van der Waals surface area contributed by atoms with Gasteiger partial charge in [-0.1, -0.05) is 19.3 Å². The molecule has 19 heavy (non-hydrogen) atoms. The summed E-state index contributed by atoms with van der Waals surface area (Å²) in [5.41, 5.74) is 11.6. The van der Waals surface area contributed by atoms with Crippen LogP contribution in [-0.4, -0.2) is 30.0 Å². The average molecular weight is 262 g/mol. The van der Waals surface area contributed by atoms with Crippen LogP contribution in [0.3, 0.4) is 0 Å². The van der Waals surface area contributed by atoms with Crippen LogP contribution in [-0.2, 0) is 0 Å². The van der Waals surface area contributed by atoms with Gasteiger partial charge in [-0.25, -0.2) is 4.98 Å². The molecule has 5 nitrogen and oxygen atoms in total. The van der Waals surface area contributed by atoms with Crippen molar-refractivity contribution in [2.45, 2.75) is 38.1 Å². The third kappa shape index (κ3) is 3.23. The molecule has 4 N–H and O–H groups in total. The topological polar surface area (TPSA) is 85.2 Å². The third-order valence-electron chi connectivity index (χ3n) is 3.71. The summed E-state index contributed by atoms with van der Waals surface area (Å²) in [6, 6.07) is 3.90. The monoisotopic (exact) mass is 262 g/mol. The maximum absolute atomic E-state index is 11.5. The fourth-order valence-electron chi connectivity index (χ4n) is 2.81. The number of carbonyl (C=O) groups excluding carboxylic acids is 1. The predicted molar refractivity (Wildman–Crippen MR) is 76.0 cm³/mol. The highest BCUT2D eigenvalue weighted by Gasteiger charge is 2.24. The molecule has 0 spiro atoms. The van der Waals surface area contributed by atoms with Crippen LogP contribution in [0, 0.1) is 0 Å². The lowest BCUT2D eigenvalue weighted by molar-refractivity contribution is 0.100. The van der Waals surface area contributed by atoms with Crippen LogP contribution in [0.1, 0.15) is 42.5 Å². The molecule has 1 aliphatic rings. The lowest BCUT2D eigenvalue weighted by Gasteiger charge is -2.35. The molecule has 0 saturated heterocycles. The summed E-state index contributed by atoms with van der Waals surface area (Å²) < 4.78 is 0. The van der Waals surface area contributed by atoms with Crippen molar-refractivity contribution in [3.05, 3.63) is 23.9 Å². The number of carbonyl (C=O) groups is 1. The Morgan fingerprint density at radius 3 is 2.74 bits per heavy atom. The van der Waals surface area contributed by atoms with Crippen molar-refractivity contribution in [2.24, 2.45) is 11.5 Å². The van der Waals surface area contributed by atoms with Gasteiger partial charge in [-0.2, -0.15) is 0 Å². The van der Waals surface area contributed by atoms with Gasteiger partial charge in [-0.15, -0.1) is 0 Å². The van der Waals surface area contributed by atoms with Crippen LogP contribution in [0.15, 0.2) is 18.3 Å². The van der Waals surface area contributed by atoms with Crippen molar-refractivity contribution >= 4 is 11.7 Å². The summed E-state index contributed by atoms with van der Waals surface area (Å²) in [5.74, 6) is 0.258. The molecule has 1 amide bonds. The molecular formula is C14H22N4O. The van der Waals surface area contributed by atoms with Gasteiger partial charge in [-0.05, 0) is 25.0 Å². The second-order valence-corrected chi connectivity index (χ2v) is 5.01. The number of rotatable bonds is 5. The smallest absolute Gasteiger partial charge is 0.252 e. The first-order valence-electron chi connectivity index (χ1n) is 6.95. The maximum atomic E-state index is 11.5. The van der Waals surface area contributed by atoms with E-state index in [-0.39, 0.29) is 0 Å². The van der Waals surface area contributed by atoms with E-state index in [4.69, 9.17) is 11.5 Å².